The summed E-state index contributed by atoms with van der Waals surface area (Å²) in [5.41, 5.74) is 7.94. The standard InChI is InChI=1S/C14H21NO3/c1-4-10-5-6-13(16-3)12(7-10)14(2)17-8-11(15)9-18-14/h5-7,11H,4,8-9,15H2,1-3H3. The Kier molecular flexibility index (Phi) is 3.90. The van der Waals surface area contributed by atoms with Crippen molar-refractivity contribution in [3.8, 4) is 5.75 Å². The van der Waals surface area contributed by atoms with Gasteiger partial charge in [0.1, 0.15) is 5.75 Å². The van der Waals surface area contributed by atoms with Crippen molar-refractivity contribution in [3.05, 3.63) is 29.3 Å². The number of hydrogen-bond acceptors (Lipinski definition) is 4. The summed E-state index contributed by atoms with van der Waals surface area (Å²) in [6, 6.07) is 6.04. The van der Waals surface area contributed by atoms with Gasteiger partial charge in [-0.25, -0.2) is 0 Å². The van der Waals surface area contributed by atoms with Crippen LogP contribution in [0.3, 0.4) is 0 Å². The van der Waals surface area contributed by atoms with Gasteiger partial charge in [-0.05, 0) is 31.0 Å². The second kappa shape index (κ2) is 5.26. The van der Waals surface area contributed by atoms with E-state index in [2.05, 4.69) is 19.1 Å². The van der Waals surface area contributed by atoms with Crippen molar-refractivity contribution in [3.63, 3.8) is 0 Å². The van der Waals surface area contributed by atoms with Crippen molar-refractivity contribution >= 4 is 0 Å². The van der Waals surface area contributed by atoms with Crippen LogP contribution in [0.2, 0.25) is 0 Å². The number of aryl methyl sites for hydroxylation is 1. The van der Waals surface area contributed by atoms with Crippen LogP contribution < -0.4 is 10.5 Å². The smallest absolute Gasteiger partial charge is 0.195 e. The fourth-order valence-corrected chi connectivity index (χ4v) is 2.11. The maximum absolute atomic E-state index is 5.78. The van der Waals surface area contributed by atoms with Crippen LogP contribution in [0.4, 0.5) is 0 Å². The van der Waals surface area contributed by atoms with E-state index in [1.54, 1.807) is 7.11 Å². The Bertz CT molecular complexity index is 412. The Labute approximate surface area is 108 Å². The monoisotopic (exact) mass is 251 g/mol. The van der Waals surface area contributed by atoms with E-state index >= 15 is 0 Å². The topological polar surface area (TPSA) is 53.7 Å². The van der Waals surface area contributed by atoms with Crippen LogP contribution >= 0.6 is 0 Å². The van der Waals surface area contributed by atoms with E-state index in [4.69, 9.17) is 19.9 Å². The molecule has 1 aromatic rings. The van der Waals surface area contributed by atoms with Crippen LogP contribution in [0.25, 0.3) is 0 Å². The highest BCUT2D eigenvalue weighted by molar-refractivity contribution is 5.40. The van der Waals surface area contributed by atoms with E-state index in [1.165, 1.54) is 5.56 Å². The van der Waals surface area contributed by atoms with E-state index in [9.17, 15) is 0 Å². The lowest BCUT2D eigenvalue weighted by atomic mass is 10.0. The molecule has 18 heavy (non-hydrogen) atoms. The molecule has 4 heteroatoms. The molecule has 4 nitrogen and oxygen atoms in total. The molecule has 0 spiro atoms. The number of benzene rings is 1. The van der Waals surface area contributed by atoms with E-state index in [0.29, 0.717) is 13.2 Å². The normalized spacial score (nSPS) is 28.1. The maximum Gasteiger partial charge on any atom is 0.195 e. The highest BCUT2D eigenvalue weighted by atomic mass is 16.7. The highest BCUT2D eigenvalue weighted by Gasteiger charge is 2.36. The molecule has 0 atom stereocenters. The minimum Gasteiger partial charge on any atom is -0.496 e. The molecule has 0 amide bonds. The molecule has 1 aliphatic heterocycles. The van der Waals surface area contributed by atoms with Crippen LogP contribution in [0.1, 0.15) is 25.0 Å². The average Bonchev–Trinajstić information content (AvgIpc) is 2.41. The van der Waals surface area contributed by atoms with Gasteiger partial charge in [-0.15, -0.1) is 0 Å². The van der Waals surface area contributed by atoms with Gasteiger partial charge in [-0.3, -0.25) is 0 Å². The maximum atomic E-state index is 5.78. The number of rotatable bonds is 3. The van der Waals surface area contributed by atoms with Gasteiger partial charge in [0.25, 0.3) is 0 Å². The Morgan fingerprint density at radius 1 is 1.39 bits per heavy atom. The predicted molar refractivity (Wildman–Crippen MR) is 69.6 cm³/mol. The van der Waals surface area contributed by atoms with E-state index < -0.39 is 5.79 Å². The van der Waals surface area contributed by atoms with Crippen LogP contribution in [-0.2, 0) is 21.7 Å². The van der Waals surface area contributed by atoms with Crippen LogP contribution in [0, 0.1) is 0 Å². The lowest BCUT2D eigenvalue weighted by molar-refractivity contribution is -0.270. The first kappa shape index (κ1) is 13.3. The van der Waals surface area contributed by atoms with E-state index in [0.717, 1.165) is 17.7 Å². The molecule has 2 rings (SSSR count). The summed E-state index contributed by atoms with van der Waals surface area (Å²) in [4.78, 5) is 0. The summed E-state index contributed by atoms with van der Waals surface area (Å²) < 4.78 is 17.0. The van der Waals surface area contributed by atoms with Gasteiger partial charge in [-0.2, -0.15) is 0 Å². The van der Waals surface area contributed by atoms with Crippen molar-refractivity contribution in [2.24, 2.45) is 5.73 Å². The third-order valence-electron chi connectivity index (χ3n) is 3.31. The first-order valence-electron chi connectivity index (χ1n) is 6.30. The molecule has 0 radical (unpaired) electrons. The van der Waals surface area contributed by atoms with Gasteiger partial charge in [0.15, 0.2) is 5.79 Å². The molecular formula is C14H21NO3. The zero-order valence-electron chi connectivity index (χ0n) is 11.2. The van der Waals surface area contributed by atoms with Crippen molar-refractivity contribution in [1.82, 2.24) is 0 Å². The average molecular weight is 251 g/mol. The second-order valence-corrected chi connectivity index (χ2v) is 4.72. The zero-order chi connectivity index (χ0) is 13.2. The van der Waals surface area contributed by atoms with Gasteiger partial charge >= 0.3 is 0 Å². The largest absolute Gasteiger partial charge is 0.496 e. The lowest BCUT2D eigenvalue weighted by Crippen LogP contribution is -2.46. The minimum atomic E-state index is -0.771. The number of nitrogens with two attached hydrogens (primary N) is 1. The summed E-state index contributed by atoms with van der Waals surface area (Å²) in [5.74, 6) is 0.0111. The van der Waals surface area contributed by atoms with Crippen LogP contribution in [-0.4, -0.2) is 26.4 Å². The van der Waals surface area contributed by atoms with Gasteiger partial charge in [0.2, 0.25) is 0 Å². The Hall–Kier alpha value is -1.10. The molecule has 1 heterocycles. The lowest BCUT2D eigenvalue weighted by Gasteiger charge is -2.37. The fraction of sp³-hybridized carbons (Fsp3) is 0.571. The Morgan fingerprint density at radius 3 is 2.61 bits per heavy atom. The molecule has 0 saturated carbocycles. The number of hydrogen-bond donors (Lipinski definition) is 1. The van der Waals surface area contributed by atoms with Crippen molar-refractivity contribution in [1.29, 1.82) is 0 Å². The second-order valence-electron chi connectivity index (χ2n) is 4.72. The van der Waals surface area contributed by atoms with Crippen LogP contribution in [0.15, 0.2) is 18.2 Å². The molecular weight excluding hydrogens is 230 g/mol. The van der Waals surface area contributed by atoms with Crippen molar-refractivity contribution in [2.45, 2.75) is 32.1 Å². The summed E-state index contributed by atoms with van der Waals surface area (Å²) >= 11 is 0. The Balaban J connectivity index is 2.35. The molecule has 1 fully saturated rings. The summed E-state index contributed by atoms with van der Waals surface area (Å²) in [6.45, 7) is 5.02. The molecule has 0 aliphatic carbocycles. The summed E-state index contributed by atoms with van der Waals surface area (Å²) in [7, 11) is 1.66. The SMILES string of the molecule is CCc1ccc(OC)c(C2(C)OCC(N)CO2)c1. The van der Waals surface area contributed by atoms with Gasteiger partial charge in [-0.1, -0.05) is 13.0 Å². The zero-order valence-corrected chi connectivity index (χ0v) is 11.2. The molecule has 0 bridgehead atoms. The molecule has 0 unspecified atom stereocenters. The molecule has 100 valence electrons. The molecule has 2 N–H and O–H groups in total. The number of ether oxygens (including phenoxy) is 3. The molecule has 1 aliphatic rings. The first-order chi connectivity index (χ1) is 8.59. The molecule has 0 aromatic heterocycles. The number of methoxy groups -OCH3 is 1. The van der Waals surface area contributed by atoms with Crippen molar-refractivity contribution in [2.75, 3.05) is 20.3 Å². The fourth-order valence-electron chi connectivity index (χ4n) is 2.11. The van der Waals surface area contributed by atoms with E-state index in [1.807, 2.05) is 13.0 Å². The Morgan fingerprint density at radius 2 is 2.06 bits per heavy atom. The summed E-state index contributed by atoms with van der Waals surface area (Å²) in [5, 5.41) is 0. The first-order valence-corrected chi connectivity index (χ1v) is 6.30. The minimum absolute atomic E-state index is 0.0570. The van der Waals surface area contributed by atoms with Crippen molar-refractivity contribution < 1.29 is 14.2 Å². The van der Waals surface area contributed by atoms with Gasteiger partial charge in [0, 0.05) is 0 Å². The van der Waals surface area contributed by atoms with Gasteiger partial charge < -0.3 is 19.9 Å². The molecule has 1 aromatic carbocycles. The third-order valence-corrected chi connectivity index (χ3v) is 3.31. The molecule has 1 saturated heterocycles. The third kappa shape index (κ3) is 2.51. The predicted octanol–water partition coefficient (Wildman–Crippen LogP) is 1.80. The van der Waals surface area contributed by atoms with E-state index in [-0.39, 0.29) is 6.04 Å². The van der Waals surface area contributed by atoms with Crippen LogP contribution in [0.5, 0.6) is 5.75 Å². The quantitative estimate of drug-likeness (QED) is 0.890. The highest BCUT2D eigenvalue weighted by Crippen LogP contribution is 2.36. The summed E-state index contributed by atoms with van der Waals surface area (Å²) in [6.07, 6.45) is 0.965. The van der Waals surface area contributed by atoms with Gasteiger partial charge in [0.05, 0.1) is 31.9 Å².